The normalized spacial score (nSPS) is 14.8. The fourth-order valence-corrected chi connectivity index (χ4v) is 8.82. The van der Waals surface area contributed by atoms with Crippen LogP contribution in [0, 0.1) is 5.92 Å². The van der Waals surface area contributed by atoms with Crippen LogP contribution in [-0.4, -0.2) is 68.3 Å². The Morgan fingerprint density at radius 2 is 1.54 bits per heavy atom. The topological polar surface area (TPSA) is 177 Å². The summed E-state index contributed by atoms with van der Waals surface area (Å²) in [5, 5.41) is 40.6. The highest BCUT2D eigenvalue weighted by atomic mass is 32.1. The van der Waals surface area contributed by atoms with E-state index in [1.807, 2.05) is 36.4 Å². The van der Waals surface area contributed by atoms with Crippen molar-refractivity contribution in [2.24, 2.45) is 5.92 Å². The van der Waals surface area contributed by atoms with Gasteiger partial charge in [-0.2, -0.15) is 0 Å². The van der Waals surface area contributed by atoms with E-state index in [1.54, 1.807) is 66.9 Å². The maximum atomic E-state index is 13.8. The SMILES string of the molecule is O=C(NCc1cnc(-c2ccc(C(O)(C(=O)OCC3CCN(Cc4ccccc4)CC3)c3ccccc3)cc2)s1)c1ccc(CNC[C@H](O)c2ccc(O)c3[nH]c(=O)ccc23)cc1. The van der Waals surface area contributed by atoms with Gasteiger partial charge in [-0.15, -0.1) is 11.3 Å². The molecule has 0 bridgehead atoms. The van der Waals surface area contributed by atoms with Crippen LogP contribution in [0.25, 0.3) is 21.5 Å². The van der Waals surface area contributed by atoms with E-state index in [-0.39, 0.29) is 48.3 Å². The summed E-state index contributed by atoms with van der Waals surface area (Å²) in [6.45, 7) is 3.94. The lowest BCUT2D eigenvalue weighted by molar-refractivity contribution is -0.164. The van der Waals surface area contributed by atoms with E-state index in [2.05, 4.69) is 49.8 Å². The number of fused-ring (bicyclic) bond motifs is 1. The number of phenolic OH excluding ortho intramolecular Hbond substituents is 1. The Morgan fingerprint density at radius 3 is 2.27 bits per heavy atom. The molecule has 1 unspecified atom stereocenters. The molecule has 63 heavy (non-hydrogen) atoms. The fourth-order valence-electron chi connectivity index (χ4n) is 7.97. The molecule has 1 saturated heterocycles. The average molecular weight is 864 g/mol. The van der Waals surface area contributed by atoms with Crippen molar-refractivity contribution < 1.29 is 29.6 Å². The number of benzene rings is 5. The quantitative estimate of drug-likeness (QED) is 0.0567. The van der Waals surface area contributed by atoms with E-state index in [0.717, 1.165) is 53.5 Å². The van der Waals surface area contributed by atoms with Gasteiger partial charge in [-0.1, -0.05) is 103 Å². The van der Waals surface area contributed by atoms with Crippen LogP contribution in [0.1, 0.15) is 62.0 Å². The number of nitrogens with zero attached hydrogens (tertiary/aromatic N) is 2. The highest BCUT2D eigenvalue weighted by Gasteiger charge is 2.42. The predicted octanol–water partition coefficient (Wildman–Crippen LogP) is 6.80. The molecule has 8 rings (SSSR count). The van der Waals surface area contributed by atoms with Gasteiger partial charge in [0.05, 0.1) is 24.8 Å². The maximum absolute atomic E-state index is 13.8. The number of H-pyrrole nitrogens is 1. The summed E-state index contributed by atoms with van der Waals surface area (Å²) in [6.07, 6.45) is 2.66. The molecule has 13 heteroatoms. The third-order valence-electron chi connectivity index (χ3n) is 11.6. The molecule has 322 valence electrons. The first-order valence-corrected chi connectivity index (χ1v) is 21.8. The number of carbonyl (C=O) groups is 2. The molecule has 0 aliphatic carbocycles. The van der Waals surface area contributed by atoms with E-state index in [1.165, 1.54) is 29.0 Å². The van der Waals surface area contributed by atoms with Crippen LogP contribution in [-0.2, 0) is 34.8 Å². The molecular formula is C50H49N5O7S. The van der Waals surface area contributed by atoms with Crippen LogP contribution in [0.2, 0.25) is 0 Å². The zero-order chi connectivity index (χ0) is 43.8. The summed E-state index contributed by atoms with van der Waals surface area (Å²) >= 11 is 1.44. The Hall–Kier alpha value is -6.48. The number of aliphatic hydroxyl groups excluding tert-OH is 1. The zero-order valence-electron chi connectivity index (χ0n) is 34.6. The molecule has 6 N–H and O–H groups in total. The van der Waals surface area contributed by atoms with Gasteiger partial charge in [0.15, 0.2) is 0 Å². The molecular weight excluding hydrogens is 815 g/mol. The number of pyridine rings is 1. The van der Waals surface area contributed by atoms with Gasteiger partial charge in [0.2, 0.25) is 11.2 Å². The van der Waals surface area contributed by atoms with E-state index >= 15 is 0 Å². The lowest BCUT2D eigenvalue weighted by Crippen LogP contribution is -2.40. The molecule has 1 amide bonds. The Kier molecular flexibility index (Phi) is 13.5. The van der Waals surface area contributed by atoms with E-state index in [4.69, 9.17) is 4.74 Å². The minimum absolute atomic E-state index is 0.0667. The van der Waals surface area contributed by atoms with Gasteiger partial charge in [0, 0.05) is 53.3 Å². The second-order valence-electron chi connectivity index (χ2n) is 15.9. The zero-order valence-corrected chi connectivity index (χ0v) is 35.4. The van der Waals surface area contributed by atoms with Crippen LogP contribution >= 0.6 is 11.3 Å². The lowest BCUT2D eigenvalue weighted by atomic mass is 9.86. The third kappa shape index (κ3) is 10.3. The number of nitrogens with one attached hydrogen (secondary N) is 3. The number of ether oxygens (including phenoxy) is 1. The molecule has 0 radical (unpaired) electrons. The summed E-state index contributed by atoms with van der Waals surface area (Å²) in [6, 6.07) is 39.6. The van der Waals surface area contributed by atoms with Crippen molar-refractivity contribution in [3.05, 3.63) is 188 Å². The fraction of sp³-hybridized carbons (Fsp3) is 0.240. The van der Waals surface area contributed by atoms with Gasteiger partial charge >= 0.3 is 5.97 Å². The van der Waals surface area contributed by atoms with Crippen LogP contribution in [0.3, 0.4) is 0 Å². The van der Waals surface area contributed by atoms with Crippen LogP contribution in [0.4, 0.5) is 0 Å². The Morgan fingerprint density at radius 1 is 0.841 bits per heavy atom. The summed E-state index contributed by atoms with van der Waals surface area (Å²) < 4.78 is 5.89. The van der Waals surface area contributed by atoms with Gasteiger partial charge in [0.1, 0.15) is 10.8 Å². The van der Waals surface area contributed by atoms with Crippen molar-refractivity contribution in [3.63, 3.8) is 0 Å². The third-order valence-corrected chi connectivity index (χ3v) is 12.6. The van der Waals surface area contributed by atoms with Gasteiger partial charge in [-0.25, -0.2) is 9.78 Å². The number of aromatic hydroxyl groups is 1. The van der Waals surface area contributed by atoms with Crippen LogP contribution in [0.5, 0.6) is 5.75 Å². The largest absolute Gasteiger partial charge is 0.506 e. The number of rotatable bonds is 16. The highest BCUT2D eigenvalue weighted by Crippen LogP contribution is 2.35. The molecule has 1 aliphatic rings. The molecule has 1 aliphatic heterocycles. The summed E-state index contributed by atoms with van der Waals surface area (Å²) in [4.78, 5) is 49.1. The van der Waals surface area contributed by atoms with Gasteiger partial charge in [0.25, 0.3) is 5.91 Å². The van der Waals surface area contributed by atoms with Gasteiger partial charge in [-0.05, 0) is 83.9 Å². The minimum Gasteiger partial charge on any atom is -0.506 e. The van der Waals surface area contributed by atoms with Gasteiger partial charge in [-0.3, -0.25) is 14.5 Å². The number of likely N-dealkylation sites (tertiary alicyclic amines) is 1. The van der Waals surface area contributed by atoms with Crippen molar-refractivity contribution in [1.82, 2.24) is 25.5 Å². The number of piperidine rings is 1. The number of hydrogen-bond donors (Lipinski definition) is 6. The van der Waals surface area contributed by atoms with Gasteiger partial charge < -0.3 is 35.7 Å². The molecule has 2 atom stereocenters. The summed E-state index contributed by atoms with van der Waals surface area (Å²) in [7, 11) is 0. The number of hydrogen-bond acceptors (Lipinski definition) is 11. The summed E-state index contributed by atoms with van der Waals surface area (Å²) in [5.41, 5.74) is 2.83. The minimum atomic E-state index is -2.00. The molecule has 0 spiro atoms. The number of amides is 1. The Bertz CT molecular complexity index is 2700. The second-order valence-corrected chi connectivity index (χ2v) is 17.0. The molecule has 1 fully saturated rings. The number of thiazole rings is 1. The molecule has 2 aromatic heterocycles. The number of aliphatic hydroxyl groups is 2. The first kappa shape index (κ1) is 43.2. The Labute approximate surface area is 368 Å². The standard InChI is InChI=1S/C50H49N5O7S/c56-43-21-19-41(42-20-22-45(58)54-46(42)43)44(57)30-51-27-33-11-13-36(14-12-33)47(59)52-28-40-29-53-48(63-40)37-15-17-39(18-16-37)50(61,38-9-5-2-6-10-38)49(60)62-32-35-23-25-55(26-24-35)31-34-7-3-1-4-8-34/h1-22,29,35,44,51,56-57,61H,23-28,30-32H2,(H,52,59)(H,54,58)/t44-,50?/m0/s1. The number of aromatic nitrogens is 2. The monoisotopic (exact) mass is 863 g/mol. The van der Waals surface area contributed by atoms with Crippen molar-refractivity contribution >= 4 is 34.1 Å². The predicted molar refractivity (Wildman–Crippen MR) is 243 cm³/mol. The first-order valence-electron chi connectivity index (χ1n) is 21.0. The van der Waals surface area contributed by atoms with Crippen LogP contribution < -0.4 is 16.2 Å². The molecule has 12 nitrogen and oxygen atoms in total. The van der Waals surface area contributed by atoms with Crippen molar-refractivity contribution in [3.8, 4) is 16.3 Å². The molecule has 5 aromatic carbocycles. The van der Waals surface area contributed by atoms with E-state index < -0.39 is 17.7 Å². The molecule has 0 saturated carbocycles. The number of phenols is 1. The molecule has 3 heterocycles. The number of esters is 1. The number of carbonyl (C=O) groups excluding carboxylic acids is 2. The molecule has 7 aromatic rings. The van der Waals surface area contributed by atoms with E-state index in [0.29, 0.717) is 34.2 Å². The van der Waals surface area contributed by atoms with Crippen molar-refractivity contribution in [2.45, 2.75) is 44.2 Å². The van der Waals surface area contributed by atoms with Crippen molar-refractivity contribution in [2.75, 3.05) is 26.2 Å². The number of aromatic amines is 1. The summed E-state index contributed by atoms with van der Waals surface area (Å²) in [5.74, 6) is -0.792. The smallest absolute Gasteiger partial charge is 0.347 e. The highest BCUT2D eigenvalue weighted by molar-refractivity contribution is 7.15. The maximum Gasteiger partial charge on any atom is 0.347 e. The first-order chi connectivity index (χ1) is 30.6. The second kappa shape index (κ2) is 19.7. The van der Waals surface area contributed by atoms with Crippen LogP contribution in [0.15, 0.2) is 144 Å². The lowest BCUT2D eigenvalue weighted by Gasteiger charge is -2.33. The van der Waals surface area contributed by atoms with E-state index in [9.17, 15) is 29.7 Å². The average Bonchev–Trinajstić information content (AvgIpc) is 3.80. The Balaban J connectivity index is 0.826. The van der Waals surface area contributed by atoms with Crippen molar-refractivity contribution in [1.29, 1.82) is 0 Å².